The SMILES string of the molecule is Cc1noc(C)c1C(CCN)N1CCCCC1. The Hall–Kier alpha value is -0.870. The van der Waals surface area contributed by atoms with Gasteiger partial charge in [0.15, 0.2) is 0 Å². The Morgan fingerprint density at radius 2 is 2.00 bits per heavy atom. The normalized spacial score (nSPS) is 19.5. The van der Waals surface area contributed by atoms with Crippen molar-refractivity contribution in [3.63, 3.8) is 0 Å². The van der Waals surface area contributed by atoms with E-state index in [9.17, 15) is 0 Å². The van der Waals surface area contributed by atoms with Crippen LogP contribution < -0.4 is 5.73 Å². The zero-order chi connectivity index (χ0) is 12.3. The van der Waals surface area contributed by atoms with Gasteiger partial charge in [0.25, 0.3) is 0 Å². The van der Waals surface area contributed by atoms with E-state index in [1.807, 2.05) is 13.8 Å². The van der Waals surface area contributed by atoms with Gasteiger partial charge in [0, 0.05) is 11.6 Å². The molecule has 0 saturated carbocycles. The molecule has 2 heterocycles. The van der Waals surface area contributed by atoms with Gasteiger partial charge in [-0.3, -0.25) is 4.90 Å². The Morgan fingerprint density at radius 3 is 2.53 bits per heavy atom. The summed E-state index contributed by atoms with van der Waals surface area (Å²) >= 11 is 0. The fourth-order valence-electron chi connectivity index (χ4n) is 2.86. The van der Waals surface area contributed by atoms with Crippen LogP contribution in [0.5, 0.6) is 0 Å². The molecule has 0 spiro atoms. The average molecular weight is 237 g/mol. The number of hydrogen-bond acceptors (Lipinski definition) is 4. The van der Waals surface area contributed by atoms with Crippen LogP contribution in [0, 0.1) is 13.8 Å². The van der Waals surface area contributed by atoms with Crippen LogP contribution in [0.25, 0.3) is 0 Å². The molecular weight excluding hydrogens is 214 g/mol. The first-order chi connectivity index (χ1) is 8.24. The van der Waals surface area contributed by atoms with E-state index in [0.29, 0.717) is 12.6 Å². The molecule has 4 heteroatoms. The average Bonchev–Trinajstić information content (AvgIpc) is 2.68. The van der Waals surface area contributed by atoms with Gasteiger partial charge < -0.3 is 10.3 Å². The number of likely N-dealkylation sites (tertiary alicyclic amines) is 1. The van der Waals surface area contributed by atoms with Gasteiger partial charge in [-0.15, -0.1) is 0 Å². The third kappa shape index (κ3) is 2.69. The van der Waals surface area contributed by atoms with Crippen LogP contribution in [0.2, 0.25) is 0 Å². The molecule has 0 aliphatic carbocycles. The molecule has 17 heavy (non-hydrogen) atoms. The summed E-state index contributed by atoms with van der Waals surface area (Å²) in [7, 11) is 0. The summed E-state index contributed by atoms with van der Waals surface area (Å²) in [5.74, 6) is 0.950. The minimum absolute atomic E-state index is 0.395. The number of hydrogen-bond donors (Lipinski definition) is 1. The second kappa shape index (κ2) is 5.65. The van der Waals surface area contributed by atoms with Crippen LogP contribution in [0.15, 0.2) is 4.52 Å². The van der Waals surface area contributed by atoms with E-state index in [1.54, 1.807) is 0 Å². The van der Waals surface area contributed by atoms with Gasteiger partial charge in [-0.1, -0.05) is 11.6 Å². The molecule has 1 aliphatic heterocycles. The molecule has 1 fully saturated rings. The molecule has 96 valence electrons. The lowest BCUT2D eigenvalue weighted by molar-refractivity contribution is 0.155. The molecule has 4 nitrogen and oxygen atoms in total. The second-order valence-corrected chi connectivity index (χ2v) is 4.93. The highest BCUT2D eigenvalue weighted by Crippen LogP contribution is 2.31. The number of nitrogens with zero attached hydrogens (tertiary/aromatic N) is 2. The standard InChI is InChI=1S/C13H23N3O/c1-10-13(11(2)17-15-10)12(6-7-14)16-8-4-3-5-9-16/h12H,3-9,14H2,1-2H3. The Balaban J connectivity index is 2.21. The summed E-state index contributed by atoms with van der Waals surface area (Å²) in [6, 6.07) is 0.395. The number of aromatic nitrogens is 1. The molecule has 1 atom stereocenters. The third-order valence-corrected chi connectivity index (χ3v) is 3.69. The quantitative estimate of drug-likeness (QED) is 0.872. The molecule has 2 rings (SSSR count). The fourth-order valence-corrected chi connectivity index (χ4v) is 2.86. The van der Waals surface area contributed by atoms with Gasteiger partial charge in [-0.2, -0.15) is 0 Å². The van der Waals surface area contributed by atoms with Crippen LogP contribution >= 0.6 is 0 Å². The smallest absolute Gasteiger partial charge is 0.138 e. The van der Waals surface area contributed by atoms with E-state index in [-0.39, 0.29) is 0 Å². The van der Waals surface area contributed by atoms with Crippen molar-refractivity contribution in [3.05, 3.63) is 17.0 Å². The predicted molar refractivity (Wildman–Crippen MR) is 67.8 cm³/mol. The molecule has 1 aromatic rings. The lowest BCUT2D eigenvalue weighted by Crippen LogP contribution is -2.35. The Morgan fingerprint density at radius 1 is 1.29 bits per heavy atom. The van der Waals surface area contributed by atoms with Gasteiger partial charge >= 0.3 is 0 Å². The molecule has 1 aromatic heterocycles. The van der Waals surface area contributed by atoms with E-state index in [1.165, 1.54) is 37.9 Å². The summed E-state index contributed by atoms with van der Waals surface area (Å²) in [4.78, 5) is 2.54. The number of nitrogens with two attached hydrogens (primary N) is 1. The van der Waals surface area contributed by atoms with Gasteiger partial charge in [-0.25, -0.2) is 0 Å². The maximum atomic E-state index is 5.76. The highest BCUT2D eigenvalue weighted by molar-refractivity contribution is 5.25. The summed E-state index contributed by atoms with van der Waals surface area (Å²) in [5.41, 5.74) is 8.05. The van der Waals surface area contributed by atoms with Crippen LogP contribution in [-0.2, 0) is 0 Å². The number of rotatable bonds is 4. The first-order valence-electron chi connectivity index (χ1n) is 6.61. The second-order valence-electron chi connectivity index (χ2n) is 4.93. The molecule has 0 radical (unpaired) electrons. The molecule has 1 aliphatic rings. The molecular formula is C13H23N3O. The van der Waals surface area contributed by atoms with Crippen molar-refractivity contribution < 1.29 is 4.52 Å². The maximum Gasteiger partial charge on any atom is 0.138 e. The zero-order valence-corrected chi connectivity index (χ0v) is 10.9. The van der Waals surface area contributed by atoms with Crippen molar-refractivity contribution in [3.8, 4) is 0 Å². The van der Waals surface area contributed by atoms with Gasteiger partial charge in [0.1, 0.15) is 5.76 Å². The minimum atomic E-state index is 0.395. The topological polar surface area (TPSA) is 55.3 Å². The molecule has 2 N–H and O–H groups in total. The van der Waals surface area contributed by atoms with Crippen LogP contribution in [0.1, 0.15) is 48.7 Å². The van der Waals surface area contributed by atoms with Crippen molar-refractivity contribution in [1.82, 2.24) is 10.1 Å². The third-order valence-electron chi connectivity index (χ3n) is 3.69. The largest absolute Gasteiger partial charge is 0.361 e. The van der Waals surface area contributed by atoms with E-state index in [0.717, 1.165) is 17.9 Å². The van der Waals surface area contributed by atoms with Crippen LogP contribution in [0.3, 0.4) is 0 Å². The van der Waals surface area contributed by atoms with Crippen molar-refractivity contribution in [2.75, 3.05) is 19.6 Å². The van der Waals surface area contributed by atoms with Crippen molar-refractivity contribution in [2.24, 2.45) is 5.73 Å². The summed E-state index contributed by atoms with van der Waals surface area (Å²) in [6.45, 7) is 7.09. The number of aryl methyl sites for hydroxylation is 2. The van der Waals surface area contributed by atoms with E-state index in [4.69, 9.17) is 10.3 Å². The maximum absolute atomic E-state index is 5.76. The van der Waals surface area contributed by atoms with Crippen molar-refractivity contribution in [1.29, 1.82) is 0 Å². The summed E-state index contributed by atoms with van der Waals surface area (Å²) < 4.78 is 5.30. The monoisotopic (exact) mass is 237 g/mol. The van der Waals surface area contributed by atoms with Crippen molar-refractivity contribution in [2.45, 2.75) is 45.6 Å². The molecule has 0 bridgehead atoms. The van der Waals surface area contributed by atoms with Gasteiger partial charge in [-0.05, 0) is 52.7 Å². The van der Waals surface area contributed by atoms with Crippen LogP contribution in [0.4, 0.5) is 0 Å². The highest BCUT2D eigenvalue weighted by atomic mass is 16.5. The lowest BCUT2D eigenvalue weighted by Gasteiger charge is -2.34. The predicted octanol–water partition coefficient (Wildman–Crippen LogP) is 2.17. The van der Waals surface area contributed by atoms with Crippen LogP contribution in [-0.4, -0.2) is 29.7 Å². The first-order valence-corrected chi connectivity index (χ1v) is 6.61. The fraction of sp³-hybridized carbons (Fsp3) is 0.769. The zero-order valence-electron chi connectivity index (χ0n) is 10.9. The Labute approximate surface area is 103 Å². The summed E-state index contributed by atoms with van der Waals surface area (Å²) in [6.07, 6.45) is 4.94. The Kier molecular flexibility index (Phi) is 4.18. The van der Waals surface area contributed by atoms with Gasteiger partial charge in [0.05, 0.1) is 5.69 Å². The summed E-state index contributed by atoms with van der Waals surface area (Å²) in [5, 5.41) is 4.07. The highest BCUT2D eigenvalue weighted by Gasteiger charge is 2.26. The van der Waals surface area contributed by atoms with E-state index < -0.39 is 0 Å². The van der Waals surface area contributed by atoms with Gasteiger partial charge in [0.2, 0.25) is 0 Å². The minimum Gasteiger partial charge on any atom is -0.361 e. The van der Waals surface area contributed by atoms with E-state index in [2.05, 4.69) is 10.1 Å². The Bertz CT molecular complexity index is 336. The lowest BCUT2D eigenvalue weighted by atomic mass is 9.97. The molecule has 0 aromatic carbocycles. The molecule has 0 amide bonds. The number of piperidine rings is 1. The molecule has 1 saturated heterocycles. The molecule has 1 unspecified atom stereocenters. The van der Waals surface area contributed by atoms with Crippen molar-refractivity contribution >= 4 is 0 Å². The first kappa shape index (κ1) is 12.6. The van der Waals surface area contributed by atoms with E-state index >= 15 is 0 Å².